The second kappa shape index (κ2) is 6.23. The molecule has 3 unspecified atom stereocenters. The third kappa shape index (κ3) is 3.04. The van der Waals surface area contributed by atoms with Crippen LogP contribution in [0.3, 0.4) is 0 Å². The number of hydrogen-bond acceptors (Lipinski definition) is 3. The number of para-hydroxylation sites is 1. The van der Waals surface area contributed by atoms with Gasteiger partial charge in [0, 0.05) is 12.5 Å². The van der Waals surface area contributed by atoms with Crippen LogP contribution in [0.4, 0.5) is 0 Å². The second-order valence-electron chi connectivity index (χ2n) is 6.12. The lowest BCUT2D eigenvalue weighted by Crippen LogP contribution is -2.41. The van der Waals surface area contributed by atoms with Crippen molar-refractivity contribution in [1.82, 2.24) is 10.3 Å². The van der Waals surface area contributed by atoms with Crippen molar-refractivity contribution in [3.05, 3.63) is 29.3 Å². The van der Waals surface area contributed by atoms with Crippen LogP contribution in [0.5, 0.6) is 0 Å². The number of nitrogens with zero attached hydrogens (tertiary/aromatic N) is 1. The first-order valence-corrected chi connectivity index (χ1v) is 8.65. The van der Waals surface area contributed by atoms with E-state index in [0.29, 0.717) is 6.04 Å². The molecular weight excluding hydrogens is 264 g/mol. The Morgan fingerprint density at radius 2 is 2.15 bits per heavy atom. The molecule has 0 saturated heterocycles. The first kappa shape index (κ1) is 14.0. The molecule has 1 fully saturated rings. The van der Waals surface area contributed by atoms with E-state index in [9.17, 15) is 0 Å². The van der Waals surface area contributed by atoms with Crippen LogP contribution in [0.1, 0.15) is 38.1 Å². The Kier molecular flexibility index (Phi) is 4.37. The van der Waals surface area contributed by atoms with Crippen molar-refractivity contribution < 1.29 is 0 Å². The van der Waals surface area contributed by atoms with E-state index >= 15 is 0 Å². The van der Waals surface area contributed by atoms with Gasteiger partial charge in [0.2, 0.25) is 0 Å². The lowest BCUT2D eigenvalue weighted by atomic mass is 9.77. The molecule has 1 aliphatic rings. The third-order valence-corrected chi connectivity index (χ3v) is 5.54. The molecule has 1 aliphatic carbocycles. The average molecular weight is 288 g/mol. The highest BCUT2D eigenvalue weighted by molar-refractivity contribution is 7.18. The van der Waals surface area contributed by atoms with Gasteiger partial charge < -0.3 is 5.32 Å². The number of thiazole rings is 1. The van der Waals surface area contributed by atoms with E-state index in [1.54, 1.807) is 0 Å². The van der Waals surface area contributed by atoms with Gasteiger partial charge >= 0.3 is 0 Å². The van der Waals surface area contributed by atoms with E-state index < -0.39 is 0 Å². The monoisotopic (exact) mass is 288 g/mol. The van der Waals surface area contributed by atoms with E-state index in [0.717, 1.165) is 30.3 Å². The van der Waals surface area contributed by atoms with E-state index in [1.165, 1.54) is 29.0 Å². The van der Waals surface area contributed by atoms with Gasteiger partial charge in [0.05, 0.1) is 15.2 Å². The molecule has 20 heavy (non-hydrogen) atoms. The SMILES string of the molecule is CCNC1CCC(C)CC1Cc1nc2ccccc2s1. The molecule has 1 N–H and O–H groups in total. The highest BCUT2D eigenvalue weighted by Gasteiger charge is 2.28. The summed E-state index contributed by atoms with van der Waals surface area (Å²) >= 11 is 1.87. The van der Waals surface area contributed by atoms with E-state index in [-0.39, 0.29) is 0 Å². The Balaban J connectivity index is 1.76. The Hall–Kier alpha value is -0.930. The quantitative estimate of drug-likeness (QED) is 0.909. The molecule has 3 rings (SSSR count). The summed E-state index contributed by atoms with van der Waals surface area (Å²) in [4.78, 5) is 4.82. The summed E-state index contributed by atoms with van der Waals surface area (Å²) in [5.74, 6) is 1.61. The van der Waals surface area contributed by atoms with E-state index in [4.69, 9.17) is 4.98 Å². The molecule has 1 heterocycles. The molecule has 0 aliphatic heterocycles. The summed E-state index contributed by atoms with van der Waals surface area (Å²) in [6.07, 6.45) is 5.17. The molecule has 1 aromatic heterocycles. The maximum Gasteiger partial charge on any atom is 0.0941 e. The normalized spacial score (nSPS) is 27.0. The number of rotatable bonds is 4. The number of aromatic nitrogens is 1. The summed E-state index contributed by atoms with van der Waals surface area (Å²) in [5, 5.41) is 5.00. The molecule has 0 amide bonds. The van der Waals surface area contributed by atoms with Gasteiger partial charge in [-0.3, -0.25) is 0 Å². The average Bonchev–Trinajstić information content (AvgIpc) is 2.84. The lowest BCUT2D eigenvalue weighted by molar-refractivity contribution is 0.214. The predicted molar refractivity (Wildman–Crippen MR) is 87.3 cm³/mol. The topological polar surface area (TPSA) is 24.9 Å². The Labute approximate surface area is 125 Å². The molecule has 1 aromatic carbocycles. The molecule has 0 bridgehead atoms. The van der Waals surface area contributed by atoms with Crippen molar-refractivity contribution in [1.29, 1.82) is 0 Å². The molecule has 0 spiro atoms. The van der Waals surface area contributed by atoms with Gasteiger partial charge in [0.25, 0.3) is 0 Å². The van der Waals surface area contributed by atoms with Gasteiger partial charge in [-0.2, -0.15) is 0 Å². The van der Waals surface area contributed by atoms with Crippen molar-refractivity contribution in [3.8, 4) is 0 Å². The highest BCUT2D eigenvalue weighted by atomic mass is 32.1. The van der Waals surface area contributed by atoms with Crippen LogP contribution < -0.4 is 5.32 Å². The lowest BCUT2D eigenvalue weighted by Gasteiger charge is -2.35. The Morgan fingerprint density at radius 3 is 2.95 bits per heavy atom. The Morgan fingerprint density at radius 1 is 1.30 bits per heavy atom. The van der Waals surface area contributed by atoms with Crippen LogP contribution in [0.25, 0.3) is 10.2 Å². The van der Waals surface area contributed by atoms with Gasteiger partial charge in [0.15, 0.2) is 0 Å². The molecule has 3 heteroatoms. The fourth-order valence-corrected chi connectivity index (χ4v) is 4.55. The molecule has 0 radical (unpaired) electrons. The fraction of sp³-hybridized carbons (Fsp3) is 0.588. The predicted octanol–water partition coefficient (Wildman–Crippen LogP) is 4.25. The smallest absolute Gasteiger partial charge is 0.0941 e. The number of nitrogens with one attached hydrogen (secondary N) is 1. The standard InChI is InChI=1S/C17H24N2S/c1-3-18-14-9-8-12(2)10-13(14)11-17-19-15-6-4-5-7-16(15)20-17/h4-7,12-14,18H,3,8-11H2,1-2H3. The van der Waals surface area contributed by atoms with Crippen LogP contribution in [0.15, 0.2) is 24.3 Å². The summed E-state index contributed by atoms with van der Waals surface area (Å²) in [7, 11) is 0. The van der Waals surface area contributed by atoms with Crippen molar-refractivity contribution in [3.63, 3.8) is 0 Å². The molecular formula is C17H24N2S. The minimum Gasteiger partial charge on any atom is -0.314 e. The summed E-state index contributed by atoms with van der Waals surface area (Å²) in [6, 6.07) is 9.18. The number of benzene rings is 1. The van der Waals surface area contributed by atoms with Crippen molar-refractivity contribution in [2.75, 3.05) is 6.54 Å². The van der Waals surface area contributed by atoms with Crippen LogP contribution in [-0.2, 0) is 6.42 Å². The van der Waals surface area contributed by atoms with Gasteiger partial charge in [-0.15, -0.1) is 11.3 Å². The van der Waals surface area contributed by atoms with Crippen molar-refractivity contribution in [2.45, 2.75) is 45.6 Å². The fourth-order valence-electron chi connectivity index (χ4n) is 3.49. The second-order valence-corrected chi connectivity index (χ2v) is 7.24. The van der Waals surface area contributed by atoms with E-state index in [1.807, 2.05) is 11.3 Å². The zero-order valence-corrected chi connectivity index (χ0v) is 13.2. The summed E-state index contributed by atoms with van der Waals surface area (Å²) in [5.41, 5.74) is 1.16. The zero-order chi connectivity index (χ0) is 13.9. The van der Waals surface area contributed by atoms with Gasteiger partial charge in [0.1, 0.15) is 0 Å². The minimum absolute atomic E-state index is 0.684. The molecule has 3 atom stereocenters. The number of fused-ring (bicyclic) bond motifs is 1. The maximum atomic E-state index is 4.82. The van der Waals surface area contributed by atoms with Crippen molar-refractivity contribution >= 4 is 21.6 Å². The summed E-state index contributed by atoms with van der Waals surface area (Å²) < 4.78 is 1.33. The molecule has 2 nitrogen and oxygen atoms in total. The number of hydrogen-bond donors (Lipinski definition) is 1. The van der Waals surface area contributed by atoms with Crippen LogP contribution in [-0.4, -0.2) is 17.6 Å². The molecule has 2 aromatic rings. The third-order valence-electron chi connectivity index (χ3n) is 4.49. The minimum atomic E-state index is 0.684. The van der Waals surface area contributed by atoms with E-state index in [2.05, 4.69) is 43.4 Å². The molecule has 108 valence electrons. The van der Waals surface area contributed by atoms with Crippen LogP contribution in [0.2, 0.25) is 0 Å². The first-order chi connectivity index (χ1) is 9.76. The molecule has 1 saturated carbocycles. The highest BCUT2D eigenvalue weighted by Crippen LogP contribution is 2.33. The largest absolute Gasteiger partial charge is 0.314 e. The van der Waals surface area contributed by atoms with Gasteiger partial charge in [-0.05, 0) is 49.8 Å². The van der Waals surface area contributed by atoms with Crippen LogP contribution in [0, 0.1) is 11.8 Å². The Bertz CT molecular complexity index is 530. The maximum absolute atomic E-state index is 4.82. The van der Waals surface area contributed by atoms with Gasteiger partial charge in [-0.25, -0.2) is 4.98 Å². The first-order valence-electron chi connectivity index (χ1n) is 7.84. The van der Waals surface area contributed by atoms with Crippen LogP contribution >= 0.6 is 11.3 Å². The summed E-state index contributed by atoms with van der Waals surface area (Å²) in [6.45, 7) is 5.69. The van der Waals surface area contributed by atoms with Crippen molar-refractivity contribution in [2.24, 2.45) is 11.8 Å². The van der Waals surface area contributed by atoms with Gasteiger partial charge in [-0.1, -0.05) is 26.0 Å². The zero-order valence-electron chi connectivity index (χ0n) is 12.4.